The monoisotopic (exact) mass is 521 g/mol. The van der Waals surface area contributed by atoms with E-state index in [9.17, 15) is 14.7 Å². The number of anilines is 1. The van der Waals surface area contributed by atoms with Crippen LogP contribution < -0.4 is 21.8 Å². The molecule has 2 aliphatic rings. The summed E-state index contributed by atoms with van der Waals surface area (Å²) in [5.41, 5.74) is 10.8. The summed E-state index contributed by atoms with van der Waals surface area (Å²) in [5, 5.41) is 15.3. The first-order chi connectivity index (χ1) is 18.4. The fraction of sp³-hybridized carbons (Fsp3) is 0.448. The average Bonchev–Trinajstić information content (AvgIpc) is 3.30. The molecule has 2 aromatic carbocycles. The number of carbonyl (C=O) groups excluding carboxylic acids is 2. The zero-order valence-corrected chi connectivity index (χ0v) is 22.2. The lowest BCUT2D eigenvalue weighted by molar-refractivity contribution is -0.125. The highest BCUT2D eigenvalue weighted by molar-refractivity contribution is 6.01. The van der Waals surface area contributed by atoms with Crippen molar-refractivity contribution in [1.29, 1.82) is 0 Å². The van der Waals surface area contributed by atoms with Crippen molar-refractivity contribution in [2.24, 2.45) is 11.6 Å². The minimum Gasteiger partial charge on any atom is -0.396 e. The standard InChI is InChI=1S/C29H39N5O4/c1-3-5-16-32-25(35)14-15-26(36)33-17-19-10-6-7-11-20(19)28(27(30)21-12-8-9-13-22(21)33)34(31)23-18-38-24(4-2)29(23)37/h6-13,23-24,29,37H,3-5,14-18,30-31H2,1-2H3,(H,32,35)/b28-27-. The Kier molecular flexibility index (Phi) is 9.04. The van der Waals surface area contributed by atoms with E-state index in [4.69, 9.17) is 16.3 Å². The smallest absolute Gasteiger partial charge is 0.227 e. The van der Waals surface area contributed by atoms with Crippen LogP contribution in [-0.4, -0.2) is 53.3 Å². The van der Waals surface area contributed by atoms with Crippen LogP contribution >= 0.6 is 0 Å². The maximum Gasteiger partial charge on any atom is 0.227 e. The lowest BCUT2D eigenvalue weighted by Gasteiger charge is -2.35. The number of aliphatic hydroxyl groups excluding tert-OH is 1. The first kappa shape index (κ1) is 27.6. The third-order valence-electron chi connectivity index (χ3n) is 7.33. The van der Waals surface area contributed by atoms with Gasteiger partial charge in [0.25, 0.3) is 0 Å². The summed E-state index contributed by atoms with van der Waals surface area (Å²) in [6, 6.07) is 14.6. The number of carbonyl (C=O) groups is 2. The molecule has 2 amide bonds. The summed E-state index contributed by atoms with van der Waals surface area (Å²) in [6.07, 6.45) is 1.72. The van der Waals surface area contributed by atoms with E-state index in [0.717, 1.165) is 24.0 Å². The lowest BCUT2D eigenvalue weighted by Crippen LogP contribution is -2.48. The maximum absolute atomic E-state index is 13.5. The molecule has 1 saturated heterocycles. The Bertz CT molecular complexity index is 1180. The van der Waals surface area contributed by atoms with Crippen molar-refractivity contribution in [3.63, 3.8) is 0 Å². The summed E-state index contributed by atoms with van der Waals surface area (Å²) in [4.78, 5) is 27.5. The third kappa shape index (κ3) is 5.70. The molecular formula is C29H39N5O4. The van der Waals surface area contributed by atoms with Gasteiger partial charge in [0.15, 0.2) is 0 Å². The van der Waals surface area contributed by atoms with Gasteiger partial charge in [-0.15, -0.1) is 0 Å². The number of rotatable bonds is 9. The van der Waals surface area contributed by atoms with Crippen LogP contribution in [0.4, 0.5) is 5.69 Å². The van der Waals surface area contributed by atoms with Crippen LogP contribution in [-0.2, 0) is 20.9 Å². The molecule has 204 valence electrons. The normalized spacial score (nSPS) is 22.7. The first-order valence-electron chi connectivity index (χ1n) is 13.4. The van der Waals surface area contributed by atoms with Crippen molar-refractivity contribution in [2.75, 3.05) is 18.1 Å². The van der Waals surface area contributed by atoms with Crippen molar-refractivity contribution in [3.05, 3.63) is 65.2 Å². The SMILES string of the molecule is CCCCNC(=O)CCC(=O)N1Cc2ccccc2/C(N(N)C2COC(CC)C2O)=C(/N)c2ccccc21. The number of nitrogens with one attached hydrogen (secondary N) is 1. The highest BCUT2D eigenvalue weighted by Gasteiger charge is 2.40. The van der Waals surface area contributed by atoms with Crippen LogP contribution in [0.1, 0.15) is 62.6 Å². The Morgan fingerprint density at radius 2 is 1.82 bits per heavy atom. The molecule has 0 bridgehead atoms. The predicted molar refractivity (Wildman–Crippen MR) is 148 cm³/mol. The third-order valence-corrected chi connectivity index (χ3v) is 7.33. The number of nitrogens with zero attached hydrogens (tertiary/aromatic N) is 2. The van der Waals surface area contributed by atoms with E-state index in [1.54, 1.807) is 4.90 Å². The van der Waals surface area contributed by atoms with Crippen LogP contribution in [0.5, 0.6) is 0 Å². The number of aliphatic hydroxyl groups is 1. The molecule has 9 heteroatoms. The van der Waals surface area contributed by atoms with Crippen LogP contribution in [0, 0.1) is 0 Å². The zero-order chi connectivity index (χ0) is 27.2. The van der Waals surface area contributed by atoms with E-state index >= 15 is 0 Å². The van der Waals surface area contributed by atoms with Crippen LogP contribution in [0.15, 0.2) is 48.5 Å². The van der Waals surface area contributed by atoms with Crippen molar-refractivity contribution in [1.82, 2.24) is 10.3 Å². The van der Waals surface area contributed by atoms with Gasteiger partial charge in [0.2, 0.25) is 11.8 Å². The second kappa shape index (κ2) is 12.4. The molecule has 2 heterocycles. The Hall–Kier alpha value is -3.40. The van der Waals surface area contributed by atoms with Gasteiger partial charge in [-0.25, -0.2) is 5.84 Å². The molecule has 1 fully saturated rings. The van der Waals surface area contributed by atoms with Gasteiger partial charge in [0.1, 0.15) is 6.10 Å². The Labute approximate surface area is 224 Å². The van der Waals surface area contributed by atoms with E-state index in [0.29, 0.717) is 35.6 Å². The zero-order valence-electron chi connectivity index (χ0n) is 22.2. The van der Waals surface area contributed by atoms with E-state index in [-0.39, 0.29) is 43.9 Å². The molecule has 0 radical (unpaired) electrons. The van der Waals surface area contributed by atoms with E-state index in [1.807, 2.05) is 55.5 Å². The summed E-state index contributed by atoms with van der Waals surface area (Å²) >= 11 is 0. The maximum atomic E-state index is 13.5. The van der Waals surface area contributed by atoms with Gasteiger partial charge in [0.05, 0.1) is 42.4 Å². The highest BCUT2D eigenvalue weighted by Crippen LogP contribution is 2.38. The van der Waals surface area contributed by atoms with Gasteiger partial charge in [-0.2, -0.15) is 0 Å². The quantitative estimate of drug-likeness (QED) is 0.226. The van der Waals surface area contributed by atoms with Crippen LogP contribution in [0.25, 0.3) is 11.4 Å². The second-order valence-electron chi connectivity index (χ2n) is 9.87. The van der Waals surface area contributed by atoms with Crippen molar-refractivity contribution in [2.45, 2.75) is 70.7 Å². The predicted octanol–water partition coefficient (Wildman–Crippen LogP) is 2.73. The summed E-state index contributed by atoms with van der Waals surface area (Å²) < 4.78 is 5.79. The molecule has 0 saturated carbocycles. The number of amides is 2. The highest BCUT2D eigenvalue weighted by atomic mass is 16.5. The average molecular weight is 522 g/mol. The van der Waals surface area contributed by atoms with Gasteiger partial charge in [0, 0.05) is 30.5 Å². The number of fused-ring (bicyclic) bond motifs is 2. The summed E-state index contributed by atoms with van der Waals surface area (Å²) in [7, 11) is 0. The van der Waals surface area contributed by atoms with E-state index in [1.165, 1.54) is 5.01 Å². The summed E-state index contributed by atoms with van der Waals surface area (Å²) in [5.74, 6) is 6.41. The summed E-state index contributed by atoms with van der Waals surface area (Å²) in [6.45, 7) is 5.21. The molecule has 9 nitrogen and oxygen atoms in total. The molecule has 2 aromatic rings. The Morgan fingerprint density at radius 1 is 1.11 bits per heavy atom. The van der Waals surface area contributed by atoms with Crippen LogP contribution in [0.2, 0.25) is 0 Å². The largest absolute Gasteiger partial charge is 0.396 e. The minimum atomic E-state index is -0.764. The first-order valence-corrected chi connectivity index (χ1v) is 13.4. The van der Waals surface area contributed by atoms with Gasteiger partial charge in [-0.3, -0.25) is 9.59 Å². The minimum absolute atomic E-state index is 0.0813. The number of hydrazine groups is 1. The van der Waals surface area contributed by atoms with Gasteiger partial charge in [-0.05, 0) is 24.5 Å². The molecule has 38 heavy (non-hydrogen) atoms. The number of ether oxygens (including phenoxy) is 1. The molecule has 0 aliphatic carbocycles. The molecular weight excluding hydrogens is 482 g/mol. The van der Waals surface area contributed by atoms with E-state index < -0.39 is 12.1 Å². The topological polar surface area (TPSA) is 134 Å². The fourth-order valence-corrected chi connectivity index (χ4v) is 5.14. The second-order valence-corrected chi connectivity index (χ2v) is 9.87. The molecule has 4 rings (SSSR count). The van der Waals surface area contributed by atoms with E-state index in [2.05, 4.69) is 12.2 Å². The number of benzene rings is 2. The lowest BCUT2D eigenvalue weighted by atomic mass is 9.94. The fourth-order valence-electron chi connectivity index (χ4n) is 5.14. The molecule has 0 spiro atoms. The number of nitrogens with two attached hydrogens (primary N) is 2. The molecule has 3 unspecified atom stereocenters. The number of hydrogen-bond acceptors (Lipinski definition) is 7. The van der Waals surface area contributed by atoms with Gasteiger partial charge in [-0.1, -0.05) is 62.7 Å². The van der Waals surface area contributed by atoms with Gasteiger partial charge >= 0.3 is 0 Å². The molecule has 3 atom stereocenters. The number of hydrogen-bond donors (Lipinski definition) is 4. The molecule has 6 N–H and O–H groups in total. The van der Waals surface area contributed by atoms with Crippen molar-refractivity contribution >= 4 is 28.9 Å². The Morgan fingerprint density at radius 3 is 2.53 bits per heavy atom. The number of para-hydroxylation sites is 1. The van der Waals surface area contributed by atoms with Crippen LogP contribution in [0.3, 0.4) is 0 Å². The Balaban J connectivity index is 1.71. The molecule has 0 aromatic heterocycles. The van der Waals surface area contributed by atoms with Gasteiger partial charge < -0.3 is 30.8 Å². The molecule has 2 aliphatic heterocycles. The number of unbranched alkanes of at least 4 members (excludes halogenated alkanes) is 1. The van der Waals surface area contributed by atoms with Crippen molar-refractivity contribution in [3.8, 4) is 0 Å². The van der Waals surface area contributed by atoms with Crippen molar-refractivity contribution < 1.29 is 19.4 Å².